The van der Waals surface area contributed by atoms with Gasteiger partial charge in [-0.15, -0.1) is 6.42 Å². The number of hydrogen-bond acceptors (Lipinski definition) is 2. The van der Waals surface area contributed by atoms with Crippen molar-refractivity contribution in [1.82, 2.24) is 0 Å². The van der Waals surface area contributed by atoms with Gasteiger partial charge in [0.05, 0.1) is 6.10 Å². The Kier molecular flexibility index (Phi) is 3.33. The number of terminal acetylenes is 1. The van der Waals surface area contributed by atoms with Crippen molar-refractivity contribution in [3.63, 3.8) is 0 Å². The average Bonchev–Trinajstić information content (AvgIpc) is 2.80. The highest BCUT2D eigenvalue weighted by atomic mass is 16.3. The minimum atomic E-state index is -0.906. The number of allylic oxidation sites excluding steroid dienone is 1. The second-order valence-electron chi connectivity index (χ2n) is 9.16. The van der Waals surface area contributed by atoms with E-state index in [-0.39, 0.29) is 16.9 Å². The van der Waals surface area contributed by atoms with E-state index in [9.17, 15) is 10.2 Å². The molecule has 126 valence electrons. The predicted octanol–water partition coefficient (Wildman–Crippen LogP) is 3.67. The van der Waals surface area contributed by atoms with Crippen LogP contribution < -0.4 is 0 Å². The molecule has 0 spiro atoms. The first-order valence-corrected chi connectivity index (χ1v) is 9.42. The Labute approximate surface area is 140 Å². The van der Waals surface area contributed by atoms with Gasteiger partial charge in [-0.1, -0.05) is 31.4 Å². The van der Waals surface area contributed by atoms with Gasteiger partial charge in [-0.2, -0.15) is 0 Å². The number of rotatable bonds is 0. The van der Waals surface area contributed by atoms with E-state index in [0.29, 0.717) is 17.8 Å². The summed E-state index contributed by atoms with van der Waals surface area (Å²) in [5, 5.41) is 21.0. The lowest BCUT2D eigenvalue weighted by Gasteiger charge is -2.58. The average molecular weight is 314 g/mol. The van der Waals surface area contributed by atoms with Crippen LogP contribution in [0.25, 0.3) is 0 Å². The van der Waals surface area contributed by atoms with E-state index >= 15 is 0 Å². The molecule has 2 nitrogen and oxygen atoms in total. The van der Waals surface area contributed by atoms with Crippen LogP contribution in [0.5, 0.6) is 0 Å². The van der Waals surface area contributed by atoms with E-state index in [1.165, 1.54) is 12.0 Å². The van der Waals surface area contributed by atoms with E-state index in [0.717, 1.165) is 44.9 Å². The molecule has 0 aliphatic heterocycles. The fraction of sp³-hybridized carbons (Fsp3) is 0.810. The van der Waals surface area contributed by atoms with Gasteiger partial charge in [-0.3, -0.25) is 0 Å². The van der Waals surface area contributed by atoms with Gasteiger partial charge in [0.25, 0.3) is 0 Å². The van der Waals surface area contributed by atoms with Crippen LogP contribution in [-0.4, -0.2) is 21.9 Å². The Morgan fingerprint density at radius 2 is 1.87 bits per heavy atom. The van der Waals surface area contributed by atoms with Crippen LogP contribution in [-0.2, 0) is 0 Å². The first kappa shape index (κ1) is 15.7. The molecule has 0 aromatic heterocycles. The molecule has 2 heteroatoms. The van der Waals surface area contributed by atoms with E-state index < -0.39 is 5.60 Å². The molecular weight excluding hydrogens is 284 g/mol. The van der Waals surface area contributed by atoms with Crippen LogP contribution >= 0.6 is 0 Å². The molecule has 4 aliphatic carbocycles. The molecule has 0 aromatic carbocycles. The molecule has 3 fully saturated rings. The van der Waals surface area contributed by atoms with E-state index in [1.807, 2.05) is 0 Å². The topological polar surface area (TPSA) is 40.5 Å². The van der Waals surface area contributed by atoms with Crippen molar-refractivity contribution in [2.24, 2.45) is 28.6 Å². The summed E-state index contributed by atoms with van der Waals surface area (Å²) in [5.74, 6) is 4.65. The third-order valence-corrected chi connectivity index (χ3v) is 8.47. The second-order valence-corrected chi connectivity index (χ2v) is 9.16. The molecule has 0 heterocycles. The van der Waals surface area contributed by atoms with Gasteiger partial charge in [-0.05, 0) is 74.5 Å². The number of aliphatic hydroxyl groups is 2. The van der Waals surface area contributed by atoms with Gasteiger partial charge < -0.3 is 10.2 Å². The van der Waals surface area contributed by atoms with Crippen LogP contribution in [0.1, 0.15) is 65.2 Å². The third kappa shape index (κ3) is 1.90. The van der Waals surface area contributed by atoms with Crippen LogP contribution in [0.4, 0.5) is 0 Å². The van der Waals surface area contributed by atoms with Crippen molar-refractivity contribution >= 4 is 0 Å². The van der Waals surface area contributed by atoms with Crippen LogP contribution in [0, 0.1) is 40.9 Å². The molecule has 0 radical (unpaired) electrons. The molecule has 0 bridgehead atoms. The number of aliphatic hydroxyl groups excluding tert-OH is 1. The molecule has 0 unspecified atom stereocenters. The van der Waals surface area contributed by atoms with Gasteiger partial charge in [-0.25, -0.2) is 0 Å². The third-order valence-electron chi connectivity index (χ3n) is 8.47. The Morgan fingerprint density at radius 1 is 1.13 bits per heavy atom. The standard InChI is InChI=1S/C21H30O2/c1-4-21(23)12-9-18-16-6-5-14-13-15(22)7-10-19(14,2)17(16)8-11-20(18,21)3/h1,5,15-18,22-23H,6-13H2,2-3H3/t15-,16+,17-,18-,19-,20-,21-/m0/s1. The first-order valence-electron chi connectivity index (χ1n) is 9.42. The quantitative estimate of drug-likeness (QED) is 0.529. The first-order chi connectivity index (χ1) is 10.8. The Hall–Kier alpha value is -0.780. The summed E-state index contributed by atoms with van der Waals surface area (Å²) in [7, 11) is 0. The fourth-order valence-corrected chi connectivity index (χ4v) is 6.89. The van der Waals surface area contributed by atoms with Crippen LogP contribution in [0.3, 0.4) is 0 Å². The maximum absolute atomic E-state index is 11.0. The summed E-state index contributed by atoms with van der Waals surface area (Å²) in [6, 6.07) is 0. The molecule has 2 N–H and O–H groups in total. The van der Waals surface area contributed by atoms with Crippen molar-refractivity contribution in [1.29, 1.82) is 0 Å². The zero-order valence-electron chi connectivity index (χ0n) is 14.5. The molecular formula is C21H30O2. The minimum absolute atomic E-state index is 0.112. The van der Waals surface area contributed by atoms with Gasteiger partial charge >= 0.3 is 0 Å². The highest BCUT2D eigenvalue weighted by Gasteiger charge is 2.63. The highest BCUT2D eigenvalue weighted by Crippen LogP contribution is 2.66. The summed E-state index contributed by atoms with van der Waals surface area (Å²) in [6.45, 7) is 4.68. The summed E-state index contributed by atoms with van der Waals surface area (Å²) in [5.41, 5.74) is 0.751. The van der Waals surface area contributed by atoms with E-state index in [1.54, 1.807) is 0 Å². The van der Waals surface area contributed by atoms with Crippen LogP contribution in [0.15, 0.2) is 11.6 Å². The molecule has 0 amide bonds. The maximum atomic E-state index is 11.0. The zero-order chi connectivity index (χ0) is 16.5. The molecule has 7 atom stereocenters. The number of fused-ring (bicyclic) bond motifs is 5. The Morgan fingerprint density at radius 3 is 2.61 bits per heavy atom. The second kappa shape index (κ2) is 4.87. The van der Waals surface area contributed by atoms with Crippen molar-refractivity contribution in [2.45, 2.75) is 76.9 Å². The summed E-state index contributed by atoms with van der Waals surface area (Å²) in [4.78, 5) is 0. The van der Waals surface area contributed by atoms with Gasteiger partial charge in [0.15, 0.2) is 0 Å². The summed E-state index contributed by atoms with van der Waals surface area (Å²) in [6.07, 6.45) is 16.1. The van der Waals surface area contributed by atoms with Gasteiger partial charge in [0.1, 0.15) is 5.60 Å². The van der Waals surface area contributed by atoms with E-state index in [2.05, 4.69) is 25.8 Å². The Balaban J connectivity index is 1.69. The monoisotopic (exact) mass is 314 g/mol. The smallest absolute Gasteiger partial charge is 0.130 e. The largest absolute Gasteiger partial charge is 0.393 e. The maximum Gasteiger partial charge on any atom is 0.130 e. The van der Waals surface area contributed by atoms with Crippen LogP contribution in [0.2, 0.25) is 0 Å². The molecule has 23 heavy (non-hydrogen) atoms. The lowest BCUT2D eigenvalue weighted by Crippen LogP contribution is -2.54. The molecule has 0 saturated heterocycles. The summed E-state index contributed by atoms with van der Waals surface area (Å²) >= 11 is 0. The summed E-state index contributed by atoms with van der Waals surface area (Å²) < 4.78 is 0. The van der Waals surface area contributed by atoms with Crippen molar-refractivity contribution in [3.05, 3.63) is 11.6 Å². The van der Waals surface area contributed by atoms with Crippen molar-refractivity contribution in [3.8, 4) is 12.3 Å². The lowest BCUT2D eigenvalue weighted by atomic mass is 9.47. The fourth-order valence-electron chi connectivity index (χ4n) is 6.89. The molecule has 0 aromatic rings. The number of hydrogen-bond donors (Lipinski definition) is 2. The molecule has 4 aliphatic rings. The van der Waals surface area contributed by atoms with Gasteiger partial charge in [0.2, 0.25) is 0 Å². The minimum Gasteiger partial charge on any atom is -0.393 e. The van der Waals surface area contributed by atoms with Crippen molar-refractivity contribution < 1.29 is 10.2 Å². The highest BCUT2D eigenvalue weighted by molar-refractivity contribution is 5.28. The van der Waals surface area contributed by atoms with Crippen molar-refractivity contribution in [2.75, 3.05) is 0 Å². The molecule has 3 saturated carbocycles. The Bertz CT molecular complexity index is 587. The SMILES string of the molecule is C#C[C@]1(O)CC[C@H]2[C@@H]3CC=C4C[C@@H](O)CC[C@]4(C)[C@H]3CC[C@@]21C. The van der Waals surface area contributed by atoms with Gasteiger partial charge in [0, 0.05) is 5.41 Å². The zero-order valence-corrected chi connectivity index (χ0v) is 14.5. The lowest BCUT2D eigenvalue weighted by molar-refractivity contribution is -0.0969. The predicted molar refractivity (Wildman–Crippen MR) is 91.5 cm³/mol. The van der Waals surface area contributed by atoms with E-state index in [4.69, 9.17) is 6.42 Å². The normalized spacial score (nSPS) is 55.2. The molecule has 4 rings (SSSR count).